The van der Waals surface area contributed by atoms with Gasteiger partial charge in [-0.2, -0.15) is 17.5 Å². The number of alkyl halides is 3. The SMILES string of the molecule is CCn1c(SCCOCC(F)(F)F)nc2cc(S(=O)(=O)N3CCCCC3)ccc21. The molecule has 3 rings (SSSR count). The number of benzene rings is 1. The van der Waals surface area contributed by atoms with E-state index < -0.39 is 22.8 Å². The molecule has 1 aliphatic rings. The Bertz CT molecular complexity index is 939. The molecule has 1 aliphatic heterocycles. The van der Waals surface area contributed by atoms with Gasteiger partial charge in [-0.1, -0.05) is 18.2 Å². The minimum atomic E-state index is -4.34. The van der Waals surface area contributed by atoms with Crippen LogP contribution in [-0.4, -0.2) is 60.5 Å². The molecule has 1 saturated heterocycles. The van der Waals surface area contributed by atoms with Crippen molar-refractivity contribution in [1.29, 1.82) is 0 Å². The molecule has 1 fully saturated rings. The van der Waals surface area contributed by atoms with Crippen molar-refractivity contribution in [2.45, 2.75) is 49.0 Å². The molecule has 0 spiro atoms. The first-order valence-corrected chi connectivity index (χ1v) is 11.9. The van der Waals surface area contributed by atoms with Gasteiger partial charge < -0.3 is 9.30 Å². The molecule has 0 radical (unpaired) electrons. The minimum Gasteiger partial charge on any atom is -0.371 e. The predicted molar refractivity (Wildman–Crippen MR) is 106 cm³/mol. The van der Waals surface area contributed by atoms with E-state index in [2.05, 4.69) is 9.72 Å². The number of hydrogen-bond donors (Lipinski definition) is 0. The van der Waals surface area contributed by atoms with E-state index in [1.54, 1.807) is 18.2 Å². The molecule has 0 N–H and O–H groups in total. The number of fused-ring (bicyclic) bond motifs is 1. The molecule has 162 valence electrons. The predicted octanol–water partition coefficient (Wildman–Crippen LogP) is 3.90. The van der Waals surface area contributed by atoms with E-state index in [-0.39, 0.29) is 11.5 Å². The van der Waals surface area contributed by atoms with E-state index in [1.807, 2.05) is 11.5 Å². The molecular weight excluding hydrogens is 427 g/mol. The average molecular weight is 452 g/mol. The van der Waals surface area contributed by atoms with E-state index >= 15 is 0 Å². The van der Waals surface area contributed by atoms with Crippen molar-refractivity contribution in [3.63, 3.8) is 0 Å². The van der Waals surface area contributed by atoms with Crippen LogP contribution in [0.2, 0.25) is 0 Å². The van der Waals surface area contributed by atoms with Crippen LogP contribution in [0.1, 0.15) is 26.2 Å². The summed E-state index contributed by atoms with van der Waals surface area (Å²) >= 11 is 1.29. The fourth-order valence-corrected chi connectivity index (χ4v) is 5.77. The van der Waals surface area contributed by atoms with Crippen molar-refractivity contribution in [3.05, 3.63) is 18.2 Å². The Morgan fingerprint density at radius 1 is 1.21 bits per heavy atom. The van der Waals surface area contributed by atoms with E-state index in [1.165, 1.54) is 16.1 Å². The summed E-state index contributed by atoms with van der Waals surface area (Å²) < 4.78 is 70.3. The fraction of sp³-hybridized carbons (Fsp3) is 0.611. The molecule has 1 aromatic heterocycles. The van der Waals surface area contributed by atoms with Crippen molar-refractivity contribution in [2.24, 2.45) is 0 Å². The first-order valence-electron chi connectivity index (χ1n) is 9.50. The molecule has 0 saturated carbocycles. The van der Waals surface area contributed by atoms with Crippen molar-refractivity contribution in [1.82, 2.24) is 13.9 Å². The lowest BCUT2D eigenvalue weighted by Crippen LogP contribution is -2.35. The van der Waals surface area contributed by atoms with Gasteiger partial charge in [-0.15, -0.1) is 0 Å². The second-order valence-corrected chi connectivity index (χ2v) is 9.77. The summed E-state index contributed by atoms with van der Waals surface area (Å²) in [4.78, 5) is 4.73. The number of aromatic nitrogens is 2. The third-order valence-corrected chi connectivity index (χ3v) is 7.51. The Morgan fingerprint density at radius 2 is 1.93 bits per heavy atom. The molecule has 0 bridgehead atoms. The summed E-state index contributed by atoms with van der Waals surface area (Å²) in [6.07, 6.45) is -1.57. The summed E-state index contributed by atoms with van der Waals surface area (Å²) in [5.74, 6) is 0.318. The molecule has 1 aromatic carbocycles. The maximum atomic E-state index is 12.9. The second-order valence-electron chi connectivity index (χ2n) is 6.77. The van der Waals surface area contributed by atoms with Crippen LogP contribution in [0, 0.1) is 0 Å². The van der Waals surface area contributed by atoms with Gasteiger partial charge in [0.15, 0.2) is 5.16 Å². The number of imidazole rings is 1. The largest absolute Gasteiger partial charge is 0.411 e. The summed E-state index contributed by atoms with van der Waals surface area (Å²) in [7, 11) is -3.55. The van der Waals surface area contributed by atoms with Gasteiger partial charge >= 0.3 is 6.18 Å². The third-order valence-electron chi connectivity index (χ3n) is 4.68. The highest BCUT2D eigenvalue weighted by molar-refractivity contribution is 7.99. The molecule has 0 unspecified atom stereocenters. The Hall–Kier alpha value is -1.30. The van der Waals surface area contributed by atoms with Crippen molar-refractivity contribution >= 4 is 32.8 Å². The zero-order valence-electron chi connectivity index (χ0n) is 16.1. The van der Waals surface area contributed by atoms with Gasteiger partial charge in [0.1, 0.15) is 6.61 Å². The number of aryl methyl sites for hydroxylation is 1. The molecule has 0 amide bonds. The van der Waals surface area contributed by atoms with Gasteiger partial charge in [-0.3, -0.25) is 0 Å². The lowest BCUT2D eigenvalue weighted by atomic mass is 10.2. The minimum absolute atomic E-state index is 0.0499. The summed E-state index contributed by atoms with van der Waals surface area (Å²) in [5, 5.41) is 0.630. The summed E-state index contributed by atoms with van der Waals surface area (Å²) in [6.45, 7) is 2.29. The number of nitrogens with zero attached hydrogens (tertiary/aromatic N) is 3. The summed E-state index contributed by atoms with van der Waals surface area (Å²) in [5.41, 5.74) is 1.35. The van der Waals surface area contributed by atoms with Crippen LogP contribution in [0.3, 0.4) is 0 Å². The van der Waals surface area contributed by atoms with Crippen LogP contribution < -0.4 is 0 Å². The van der Waals surface area contributed by atoms with Crippen LogP contribution in [0.4, 0.5) is 13.2 Å². The van der Waals surface area contributed by atoms with Gasteiger partial charge in [0.05, 0.1) is 22.5 Å². The van der Waals surface area contributed by atoms with Crippen LogP contribution in [-0.2, 0) is 21.3 Å². The van der Waals surface area contributed by atoms with Crippen molar-refractivity contribution in [3.8, 4) is 0 Å². The Kier molecular flexibility index (Phi) is 7.13. The molecule has 0 atom stereocenters. The molecule has 0 aliphatic carbocycles. The van der Waals surface area contributed by atoms with Crippen molar-refractivity contribution < 1.29 is 26.3 Å². The number of hydrogen-bond acceptors (Lipinski definition) is 5. The maximum Gasteiger partial charge on any atom is 0.411 e. The van der Waals surface area contributed by atoms with E-state index in [4.69, 9.17) is 0 Å². The summed E-state index contributed by atoms with van der Waals surface area (Å²) in [6, 6.07) is 4.92. The molecule has 2 aromatic rings. The van der Waals surface area contributed by atoms with Gasteiger partial charge in [0, 0.05) is 25.4 Å². The topological polar surface area (TPSA) is 64.4 Å². The molecule has 6 nitrogen and oxygen atoms in total. The van der Waals surface area contributed by atoms with E-state index in [9.17, 15) is 21.6 Å². The highest BCUT2D eigenvalue weighted by atomic mass is 32.2. The van der Waals surface area contributed by atoms with Gasteiger partial charge in [0.2, 0.25) is 10.0 Å². The van der Waals surface area contributed by atoms with Gasteiger partial charge in [0.25, 0.3) is 0 Å². The molecular formula is C18H24F3N3O3S2. The number of sulfonamides is 1. The smallest absolute Gasteiger partial charge is 0.371 e. The van der Waals surface area contributed by atoms with Gasteiger partial charge in [-0.05, 0) is 38.0 Å². The lowest BCUT2D eigenvalue weighted by Gasteiger charge is -2.25. The van der Waals surface area contributed by atoms with E-state index in [0.29, 0.717) is 36.1 Å². The van der Waals surface area contributed by atoms with Crippen LogP contribution in [0.15, 0.2) is 28.3 Å². The standard InChI is InChI=1S/C18H24F3N3O3S2/c1-2-24-16-7-6-14(29(25,26)23-8-4-3-5-9-23)12-15(16)22-17(24)28-11-10-27-13-18(19,20)21/h6-7,12H,2-5,8-11,13H2,1H3. The molecule has 2 heterocycles. The zero-order valence-corrected chi connectivity index (χ0v) is 17.7. The third kappa shape index (κ3) is 5.44. The quantitative estimate of drug-likeness (QED) is 0.450. The number of piperidine rings is 1. The number of thioether (sulfide) groups is 1. The molecule has 11 heteroatoms. The van der Waals surface area contributed by atoms with Gasteiger partial charge in [-0.25, -0.2) is 13.4 Å². The Morgan fingerprint density at radius 3 is 2.59 bits per heavy atom. The highest BCUT2D eigenvalue weighted by Gasteiger charge is 2.28. The van der Waals surface area contributed by atoms with Crippen molar-refractivity contribution in [2.75, 3.05) is 32.1 Å². The van der Waals surface area contributed by atoms with Crippen LogP contribution in [0.25, 0.3) is 11.0 Å². The average Bonchev–Trinajstić information content (AvgIpc) is 3.04. The second kappa shape index (κ2) is 9.23. The normalized spacial score (nSPS) is 16.6. The van der Waals surface area contributed by atoms with Crippen LogP contribution in [0.5, 0.6) is 0 Å². The monoisotopic (exact) mass is 451 g/mol. The van der Waals surface area contributed by atoms with E-state index in [0.717, 1.165) is 24.8 Å². The highest BCUT2D eigenvalue weighted by Crippen LogP contribution is 2.28. The Balaban J connectivity index is 1.75. The number of ether oxygens (including phenoxy) is 1. The Labute approximate surface area is 172 Å². The zero-order chi connectivity index (χ0) is 21.1. The number of halogens is 3. The maximum absolute atomic E-state index is 12.9. The lowest BCUT2D eigenvalue weighted by molar-refractivity contribution is -0.172. The first kappa shape index (κ1) is 22.4. The fourth-order valence-electron chi connectivity index (χ4n) is 3.30. The first-order chi connectivity index (χ1) is 13.7. The number of rotatable bonds is 8. The molecule has 29 heavy (non-hydrogen) atoms. The van der Waals surface area contributed by atoms with Crippen LogP contribution >= 0.6 is 11.8 Å².